The Morgan fingerprint density at radius 1 is 1.08 bits per heavy atom. The van der Waals surface area contributed by atoms with E-state index in [0.29, 0.717) is 11.1 Å². The zero-order valence-electron chi connectivity index (χ0n) is 19.6. The lowest BCUT2D eigenvalue weighted by Gasteiger charge is -2.56. The summed E-state index contributed by atoms with van der Waals surface area (Å²) in [5, 5.41) is 2.82. The van der Waals surface area contributed by atoms with Crippen molar-refractivity contribution in [3.63, 3.8) is 0 Å². The van der Waals surface area contributed by atoms with E-state index in [1.807, 2.05) is 78.2 Å². The number of thiophene rings is 1. The molecule has 2 unspecified atom stereocenters. The second-order valence-corrected chi connectivity index (χ2v) is 11.6. The summed E-state index contributed by atoms with van der Waals surface area (Å²) in [6.45, 7) is 1.73. The molecule has 2 amide bonds. The molecule has 0 spiro atoms. The van der Waals surface area contributed by atoms with Gasteiger partial charge in [-0.05, 0) is 28.6 Å². The third-order valence-electron chi connectivity index (χ3n) is 6.60. The molecule has 0 bridgehead atoms. The minimum atomic E-state index is -0.895. The fourth-order valence-electron chi connectivity index (χ4n) is 4.68. The number of alkyl halides is 1. The molecule has 0 saturated carbocycles. The highest BCUT2D eigenvalue weighted by molar-refractivity contribution is 9.09. The van der Waals surface area contributed by atoms with Gasteiger partial charge in [-0.2, -0.15) is 0 Å². The first-order valence-corrected chi connectivity index (χ1v) is 14.6. The van der Waals surface area contributed by atoms with Crippen LogP contribution in [0.3, 0.4) is 0 Å². The van der Waals surface area contributed by atoms with E-state index in [9.17, 15) is 14.4 Å². The van der Waals surface area contributed by atoms with Crippen LogP contribution in [0.2, 0.25) is 0 Å². The number of rotatable bonds is 7. The molecule has 6 nitrogen and oxygen atoms in total. The van der Waals surface area contributed by atoms with E-state index >= 15 is 0 Å². The van der Waals surface area contributed by atoms with Crippen LogP contribution in [0, 0.1) is 5.41 Å². The molecule has 0 radical (unpaired) electrons. The van der Waals surface area contributed by atoms with E-state index in [1.54, 1.807) is 9.80 Å². The minimum Gasteiger partial charge on any atom is -0.452 e. The summed E-state index contributed by atoms with van der Waals surface area (Å²) < 4.78 is 6.19. The summed E-state index contributed by atoms with van der Waals surface area (Å²) in [7, 11) is 0. The number of nitrogens with zero attached hydrogens (tertiary/aromatic N) is 2. The van der Waals surface area contributed by atoms with Gasteiger partial charge in [-0.25, -0.2) is 0 Å². The SMILES string of the molecule is CC(=O)N(c1cccs1)C1C(=O)N2CC(CBr)(C(=O)OC(c3ccccc3)c3ccccc3)CS[C@H]12. The summed E-state index contributed by atoms with van der Waals surface area (Å²) in [4.78, 5) is 42.8. The number of benzene rings is 2. The quantitative estimate of drug-likeness (QED) is 0.219. The van der Waals surface area contributed by atoms with Crippen LogP contribution in [0.5, 0.6) is 0 Å². The molecule has 0 N–H and O–H groups in total. The largest absolute Gasteiger partial charge is 0.452 e. The Bertz CT molecular complexity index is 1200. The number of carbonyl (C=O) groups is 3. The van der Waals surface area contributed by atoms with Crippen LogP contribution < -0.4 is 4.90 Å². The Morgan fingerprint density at radius 3 is 2.25 bits per heavy atom. The Balaban J connectivity index is 1.36. The molecular formula is C27H25BrN2O4S2. The van der Waals surface area contributed by atoms with Crippen LogP contribution in [0.1, 0.15) is 24.2 Å². The summed E-state index contributed by atoms with van der Waals surface area (Å²) >= 11 is 6.51. The summed E-state index contributed by atoms with van der Waals surface area (Å²) in [5.74, 6) is -0.173. The third kappa shape index (κ3) is 4.48. The van der Waals surface area contributed by atoms with Crippen molar-refractivity contribution >= 4 is 61.8 Å². The van der Waals surface area contributed by atoms with Gasteiger partial charge in [0.15, 0.2) is 6.10 Å². The van der Waals surface area contributed by atoms with Crippen molar-refractivity contribution in [2.75, 3.05) is 22.5 Å². The topological polar surface area (TPSA) is 66.9 Å². The zero-order valence-corrected chi connectivity index (χ0v) is 22.8. The maximum atomic E-state index is 13.7. The molecule has 3 aromatic rings. The highest BCUT2D eigenvalue weighted by Crippen LogP contribution is 2.47. The molecule has 9 heteroatoms. The number of anilines is 1. The van der Waals surface area contributed by atoms with Gasteiger partial charge in [0.2, 0.25) is 11.8 Å². The molecule has 3 atom stereocenters. The fourth-order valence-corrected chi connectivity index (χ4v) is 7.94. The number of esters is 1. The van der Waals surface area contributed by atoms with E-state index in [2.05, 4.69) is 15.9 Å². The van der Waals surface area contributed by atoms with Crippen LogP contribution in [0.25, 0.3) is 0 Å². The van der Waals surface area contributed by atoms with Gasteiger partial charge in [-0.3, -0.25) is 19.3 Å². The second-order valence-electron chi connectivity index (χ2n) is 8.97. The first kappa shape index (κ1) is 25.0. The lowest BCUT2D eigenvalue weighted by Crippen LogP contribution is -2.74. The third-order valence-corrected chi connectivity index (χ3v) is 10.1. The van der Waals surface area contributed by atoms with Crippen LogP contribution in [-0.4, -0.2) is 51.7 Å². The van der Waals surface area contributed by atoms with Crippen molar-refractivity contribution in [2.45, 2.75) is 24.4 Å². The zero-order chi connectivity index (χ0) is 25.3. The highest BCUT2D eigenvalue weighted by atomic mass is 79.9. The van der Waals surface area contributed by atoms with Gasteiger partial charge in [0, 0.05) is 24.6 Å². The Labute approximate surface area is 226 Å². The lowest BCUT2D eigenvalue weighted by atomic mass is 9.88. The Morgan fingerprint density at radius 2 is 1.72 bits per heavy atom. The first-order chi connectivity index (χ1) is 17.4. The fraction of sp³-hybridized carbons (Fsp3) is 0.296. The number of ether oxygens (including phenoxy) is 1. The smallest absolute Gasteiger partial charge is 0.316 e. The number of hydrogen-bond donors (Lipinski definition) is 0. The van der Waals surface area contributed by atoms with E-state index in [4.69, 9.17) is 4.74 Å². The molecule has 2 aromatic carbocycles. The van der Waals surface area contributed by atoms with Crippen LogP contribution in [-0.2, 0) is 19.1 Å². The molecule has 2 saturated heterocycles. The highest BCUT2D eigenvalue weighted by Gasteiger charge is 2.59. The normalized spacial score (nSPS) is 23.1. The van der Waals surface area contributed by atoms with Gasteiger partial charge in [-0.15, -0.1) is 23.1 Å². The number of halogens is 1. The molecular weight excluding hydrogens is 560 g/mol. The summed E-state index contributed by atoms with van der Waals surface area (Å²) in [6, 6.07) is 22.5. The van der Waals surface area contributed by atoms with Crippen LogP contribution >= 0.6 is 39.0 Å². The number of β-lactam (4-membered cyclic amide) rings is 1. The summed E-state index contributed by atoms with van der Waals surface area (Å²) in [5.41, 5.74) is 0.876. The number of carbonyl (C=O) groups excluding carboxylic acids is 3. The predicted octanol–water partition coefficient (Wildman–Crippen LogP) is 5.10. The van der Waals surface area contributed by atoms with Crippen molar-refractivity contribution < 1.29 is 19.1 Å². The number of fused-ring (bicyclic) bond motifs is 1. The van der Waals surface area contributed by atoms with Gasteiger partial charge in [0.05, 0.1) is 5.00 Å². The monoisotopic (exact) mass is 584 g/mol. The molecule has 2 fully saturated rings. The van der Waals surface area contributed by atoms with E-state index < -0.39 is 17.6 Å². The molecule has 3 heterocycles. The van der Waals surface area contributed by atoms with Crippen molar-refractivity contribution in [2.24, 2.45) is 5.41 Å². The number of thioether (sulfide) groups is 1. The van der Waals surface area contributed by atoms with Crippen molar-refractivity contribution in [1.29, 1.82) is 0 Å². The number of amides is 2. The van der Waals surface area contributed by atoms with Gasteiger partial charge in [0.1, 0.15) is 16.8 Å². The van der Waals surface area contributed by atoms with Crippen molar-refractivity contribution in [3.8, 4) is 0 Å². The number of hydrogen-bond acceptors (Lipinski definition) is 6. The van der Waals surface area contributed by atoms with E-state index in [1.165, 1.54) is 30.0 Å². The van der Waals surface area contributed by atoms with Gasteiger partial charge in [-0.1, -0.05) is 76.6 Å². The van der Waals surface area contributed by atoms with Gasteiger partial charge in [0.25, 0.3) is 0 Å². The Hall–Kier alpha value is -2.62. The molecule has 186 valence electrons. The van der Waals surface area contributed by atoms with E-state index in [-0.39, 0.29) is 29.7 Å². The molecule has 5 rings (SSSR count). The molecule has 2 aliphatic heterocycles. The van der Waals surface area contributed by atoms with Gasteiger partial charge >= 0.3 is 5.97 Å². The maximum Gasteiger partial charge on any atom is 0.316 e. The molecule has 0 aliphatic carbocycles. The average Bonchev–Trinajstić information content (AvgIpc) is 3.45. The standard InChI is InChI=1S/C27H25BrN2O4S2/c1-18(31)30(21-13-8-14-35-21)22-24(32)29-16-27(15-28,17-36-25(22)29)26(33)34-23(19-9-4-2-5-10-19)20-11-6-3-7-12-20/h2-14,22-23,25H,15-17H2,1H3/t22?,25-,27?/m1/s1. The minimum absolute atomic E-state index is 0.142. The first-order valence-electron chi connectivity index (χ1n) is 11.6. The van der Waals surface area contributed by atoms with Crippen molar-refractivity contribution in [1.82, 2.24) is 4.90 Å². The molecule has 36 heavy (non-hydrogen) atoms. The Kier molecular flexibility index (Phi) is 7.23. The van der Waals surface area contributed by atoms with Gasteiger partial charge < -0.3 is 9.64 Å². The van der Waals surface area contributed by atoms with Crippen LogP contribution in [0.15, 0.2) is 78.2 Å². The van der Waals surface area contributed by atoms with Crippen molar-refractivity contribution in [3.05, 3.63) is 89.3 Å². The second kappa shape index (κ2) is 10.4. The summed E-state index contributed by atoms with van der Waals surface area (Å²) in [6.07, 6.45) is -0.551. The average molecular weight is 586 g/mol. The maximum absolute atomic E-state index is 13.7. The molecule has 2 aliphatic rings. The predicted molar refractivity (Wildman–Crippen MR) is 146 cm³/mol. The lowest BCUT2D eigenvalue weighted by molar-refractivity contribution is -0.163. The van der Waals surface area contributed by atoms with E-state index in [0.717, 1.165) is 16.1 Å². The molecule has 1 aromatic heterocycles. The van der Waals surface area contributed by atoms with Crippen LogP contribution in [0.4, 0.5) is 5.00 Å².